The van der Waals surface area contributed by atoms with Crippen molar-refractivity contribution in [1.29, 1.82) is 0 Å². The van der Waals surface area contributed by atoms with Crippen molar-refractivity contribution in [1.82, 2.24) is 5.32 Å². The summed E-state index contributed by atoms with van der Waals surface area (Å²) in [5, 5.41) is 2.09. The average molecular weight is 426 g/mol. The highest BCUT2D eigenvalue weighted by atomic mass is 32.2. The number of hydrogen-bond donors (Lipinski definition) is 1. The molecule has 1 fully saturated rings. The Bertz CT molecular complexity index is 1040. The zero-order chi connectivity index (χ0) is 20.4. The van der Waals surface area contributed by atoms with Gasteiger partial charge in [0.25, 0.3) is 0 Å². The monoisotopic (exact) mass is 425 g/mol. The van der Waals surface area contributed by atoms with Gasteiger partial charge in [-0.05, 0) is 29.8 Å². The highest BCUT2D eigenvalue weighted by molar-refractivity contribution is 7.96. The predicted molar refractivity (Wildman–Crippen MR) is 106 cm³/mol. The minimum Gasteiger partial charge on any atom is -0.493 e. The summed E-state index contributed by atoms with van der Waals surface area (Å²) in [4.78, 5) is 0.134. The lowest BCUT2D eigenvalue weighted by atomic mass is 10.1. The van der Waals surface area contributed by atoms with Crippen LogP contribution in [0.25, 0.3) is 0 Å². The minimum atomic E-state index is -3.77. The molecular formula is C19H23NO6S2. The highest BCUT2D eigenvalue weighted by Crippen LogP contribution is 2.29. The van der Waals surface area contributed by atoms with E-state index in [2.05, 4.69) is 5.32 Å². The van der Waals surface area contributed by atoms with E-state index in [4.69, 9.17) is 9.47 Å². The van der Waals surface area contributed by atoms with Crippen LogP contribution in [-0.2, 0) is 26.2 Å². The summed E-state index contributed by atoms with van der Waals surface area (Å²) in [5.74, 6) is 0.540. The van der Waals surface area contributed by atoms with E-state index in [0.29, 0.717) is 18.0 Å². The summed E-state index contributed by atoms with van der Waals surface area (Å²) in [6.45, 7) is 0.307. The van der Waals surface area contributed by atoms with Gasteiger partial charge in [0, 0.05) is 12.6 Å². The standard InChI is InChI=1S/C19H23NO6S2/c1-25-17-9-8-14(10-18(17)26-2)11-20-16-12-27(21,22)13-19(16)28(23,24)15-6-4-3-5-7-15/h3-10,16,19-20H,11-13H2,1-2H3/t16-,19-/m0/s1. The molecule has 0 radical (unpaired) electrons. The smallest absolute Gasteiger partial charge is 0.183 e. The molecule has 2 atom stereocenters. The van der Waals surface area contributed by atoms with Gasteiger partial charge in [0.15, 0.2) is 31.2 Å². The van der Waals surface area contributed by atoms with Crippen molar-refractivity contribution < 1.29 is 26.3 Å². The van der Waals surface area contributed by atoms with Crippen molar-refractivity contribution in [3.8, 4) is 11.5 Å². The predicted octanol–water partition coefficient (Wildman–Crippen LogP) is 1.43. The Balaban J connectivity index is 1.82. The van der Waals surface area contributed by atoms with Gasteiger partial charge in [-0.3, -0.25) is 0 Å². The van der Waals surface area contributed by atoms with Crippen molar-refractivity contribution in [2.45, 2.75) is 22.7 Å². The van der Waals surface area contributed by atoms with Crippen LogP contribution in [0, 0.1) is 0 Å². The first kappa shape index (κ1) is 20.6. The van der Waals surface area contributed by atoms with Crippen molar-refractivity contribution in [2.24, 2.45) is 0 Å². The number of benzene rings is 2. The first-order valence-corrected chi connectivity index (χ1v) is 12.1. The molecule has 1 heterocycles. The van der Waals surface area contributed by atoms with Crippen LogP contribution in [0.3, 0.4) is 0 Å². The summed E-state index contributed by atoms with van der Waals surface area (Å²) >= 11 is 0. The molecule has 28 heavy (non-hydrogen) atoms. The molecule has 0 bridgehead atoms. The van der Waals surface area contributed by atoms with Crippen molar-refractivity contribution in [3.05, 3.63) is 54.1 Å². The van der Waals surface area contributed by atoms with Gasteiger partial charge < -0.3 is 14.8 Å². The van der Waals surface area contributed by atoms with E-state index in [-0.39, 0.29) is 16.4 Å². The lowest BCUT2D eigenvalue weighted by Crippen LogP contribution is -2.43. The van der Waals surface area contributed by atoms with Crippen LogP contribution < -0.4 is 14.8 Å². The van der Waals surface area contributed by atoms with E-state index in [0.717, 1.165) is 5.56 Å². The van der Waals surface area contributed by atoms with E-state index in [1.807, 2.05) is 6.07 Å². The average Bonchev–Trinajstić information content (AvgIpc) is 3.02. The van der Waals surface area contributed by atoms with Crippen LogP contribution in [0.2, 0.25) is 0 Å². The molecule has 1 saturated heterocycles. The Kier molecular flexibility index (Phi) is 5.97. The van der Waals surface area contributed by atoms with Gasteiger partial charge in [-0.25, -0.2) is 16.8 Å². The summed E-state index contributed by atoms with van der Waals surface area (Å²) in [6, 6.07) is 12.6. The molecule has 0 amide bonds. The van der Waals surface area contributed by atoms with Crippen LogP contribution in [0.1, 0.15) is 5.56 Å². The molecule has 9 heteroatoms. The van der Waals surface area contributed by atoms with Gasteiger partial charge in [0.05, 0.1) is 35.9 Å². The van der Waals surface area contributed by atoms with E-state index in [1.165, 1.54) is 26.4 Å². The van der Waals surface area contributed by atoms with Gasteiger partial charge in [0.1, 0.15) is 0 Å². The van der Waals surface area contributed by atoms with Crippen molar-refractivity contribution in [3.63, 3.8) is 0 Å². The highest BCUT2D eigenvalue weighted by Gasteiger charge is 2.45. The summed E-state index contributed by atoms with van der Waals surface area (Å²) < 4.78 is 60.8. The zero-order valence-electron chi connectivity index (χ0n) is 15.7. The fraction of sp³-hybridized carbons (Fsp3) is 0.368. The number of methoxy groups -OCH3 is 2. The largest absolute Gasteiger partial charge is 0.493 e. The first-order chi connectivity index (χ1) is 13.3. The molecule has 1 aliphatic heterocycles. The van der Waals surface area contributed by atoms with Crippen molar-refractivity contribution >= 4 is 19.7 Å². The Hall–Kier alpha value is -2.10. The van der Waals surface area contributed by atoms with Gasteiger partial charge in [0.2, 0.25) is 0 Å². The summed E-state index contributed by atoms with van der Waals surface area (Å²) in [6.07, 6.45) is 0. The number of ether oxygens (including phenoxy) is 2. The van der Waals surface area contributed by atoms with E-state index in [9.17, 15) is 16.8 Å². The molecule has 0 saturated carbocycles. The topological polar surface area (TPSA) is 98.8 Å². The molecule has 0 unspecified atom stereocenters. The number of sulfone groups is 2. The van der Waals surface area contributed by atoms with Crippen LogP contribution in [0.4, 0.5) is 0 Å². The Labute approximate surface area is 165 Å². The fourth-order valence-corrected chi connectivity index (χ4v) is 8.07. The van der Waals surface area contributed by atoms with Crippen LogP contribution >= 0.6 is 0 Å². The third-order valence-corrected chi connectivity index (χ3v) is 8.95. The molecule has 7 nitrogen and oxygen atoms in total. The second-order valence-corrected chi connectivity index (χ2v) is 11.0. The Morgan fingerprint density at radius 2 is 1.68 bits per heavy atom. The van der Waals surface area contributed by atoms with Gasteiger partial charge in [-0.1, -0.05) is 24.3 Å². The van der Waals surface area contributed by atoms with E-state index >= 15 is 0 Å². The van der Waals surface area contributed by atoms with Crippen molar-refractivity contribution in [2.75, 3.05) is 25.7 Å². The van der Waals surface area contributed by atoms with Crippen LogP contribution in [-0.4, -0.2) is 53.9 Å². The molecule has 152 valence electrons. The number of nitrogens with one attached hydrogen (secondary N) is 1. The molecule has 2 aromatic carbocycles. The van der Waals surface area contributed by atoms with E-state index in [1.54, 1.807) is 30.3 Å². The second-order valence-electron chi connectivity index (χ2n) is 6.65. The normalized spacial score (nSPS) is 21.4. The molecule has 3 rings (SSSR count). The minimum absolute atomic E-state index is 0.134. The van der Waals surface area contributed by atoms with Gasteiger partial charge in [-0.15, -0.1) is 0 Å². The molecule has 1 aliphatic rings. The summed E-state index contributed by atoms with van der Waals surface area (Å²) in [7, 11) is -4.15. The SMILES string of the molecule is COc1ccc(CN[C@H]2CS(=O)(=O)C[C@@H]2S(=O)(=O)c2ccccc2)cc1OC. The second kappa shape index (κ2) is 8.10. The quantitative estimate of drug-likeness (QED) is 0.716. The lowest BCUT2D eigenvalue weighted by Gasteiger charge is -2.20. The molecule has 1 N–H and O–H groups in total. The van der Waals surface area contributed by atoms with Crippen LogP contribution in [0.5, 0.6) is 11.5 Å². The Morgan fingerprint density at radius 1 is 1.00 bits per heavy atom. The molecule has 0 spiro atoms. The van der Waals surface area contributed by atoms with Crippen LogP contribution in [0.15, 0.2) is 53.4 Å². The maximum atomic E-state index is 13.0. The fourth-order valence-electron chi connectivity index (χ4n) is 3.34. The third-order valence-electron chi connectivity index (χ3n) is 4.79. The molecular weight excluding hydrogens is 402 g/mol. The maximum absolute atomic E-state index is 13.0. The molecule has 0 aliphatic carbocycles. The number of hydrogen-bond acceptors (Lipinski definition) is 7. The maximum Gasteiger partial charge on any atom is 0.183 e. The van der Waals surface area contributed by atoms with Gasteiger partial charge >= 0.3 is 0 Å². The first-order valence-electron chi connectivity index (χ1n) is 8.70. The zero-order valence-corrected chi connectivity index (χ0v) is 17.3. The molecule has 2 aromatic rings. The molecule has 0 aromatic heterocycles. The Morgan fingerprint density at radius 3 is 2.32 bits per heavy atom. The van der Waals surface area contributed by atoms with Gasteiger partial charge in [-0.2, -0.15) is 0 Å². The summed E-state index contributed by atoms with van der Waals surface area (Å²) in [5.41, 5.74) is 0.831. The number of rotatable bonds is 7. The third kappa shape index (κ3) is 4.31. The van der Waals surface area contributed by atoms with E-state index < -0.39 is 31.0 Å². The lowest BCUT2D eigenvalue weighted by molar-refractivity contribution is 0.354.